The van der Waals surface area contributed by atoms with Gasteiger partial charge in [-0.15, -0.1) is 0 Å². The minimum atomic E-state index is -2.48. The van der Waals surface area contributed by atoms with E-state index in [4.69, 9.17) is 0 Å². The van der Waals surface area contributed by atoms with Crippen molar-refractivity contribution in [2.45, 2.75) is 9.79 Å². The molecule has 0 aliphatic heterocycles. The minimum absolute atomic E-state index is 0.0331. The van der Waals surface area contributed by atoms with Gasteiger partial charge in [-0.2, -0.15) is 0 Å². The van der Waals surface area contributed by atoms with Gasteiger partial charge in [0.2, 0.25) is 0 Å². The molecule has 0 bridgehead atoms. The summed E-state index contributed by atoms with van der Waals surface area (Å²) in [5, 5.41) is 10.4. The molecule has 90 valence electrons. The standard InChI is InChI=1S/C10H8O5S2/c11-10-5-8(17(14)15)4-6-3-7(16(12)13)1-2-9(6)10/h1-5,11H,(H,12,13)(H,14,15)/p-2. The summed E-state index contributed by atoms with van der Waals surface area (Å²) < 4.78 is 43.1. The Bertz CT molecular complexity index is 633. The molecule has 17 heavy (non-hydrogen) atoms. The number of aromatic hydroxyl groups is 1. The second kappa shape index (κ2) is 4.53. The van der Waals surface area contributed by atoms with Crippen LogP contribution in [0.25, 0.3) is 10.8 Å². The Labute approximate surface area is 102 Å². The topological polar surface area (TPSA) is 100 Å². The summed E-state index contributed by atoms with van der Waals surface area (Å²) in [5.74, 6) is -0.204. The van der Waals surface area contributed by atoms with Crippen LogP contribution in [-0.2, 0) is 22.2 Å². The van der Waals surface area contributed by atoms with E-state index in [-0.39, 0.29) is 15.5 Å². The molecule has 0 fully saturated rings. The third-order valence-electron chi connectivity index (χ3n) is 2.26. The lowest BCUT2D eigenvalue weighted by Crippen LogP contribution is -1.91. The SMILES string of the molecule is O=S([O-])c1ccc2c(O)cc(S(=O)[O-])cc2c1. The molecule has 0 saturated carbocycles. The normalized spacial score (nSPS) is 14.7. The summed E-state index contributed by atoms with van der Waals surface area (Å²) in [7, 11) is 0. The zero-order valence-electron chi connectivity index (χ0n) is 8.28. The van der Waals surface area contributed by atoms with Crippen LogP contribution in [0.1, 0.15) is 0 Å². The van der Waals surface area contributed by atoms with Gasteiger partial charge in [0.25, 0.3) is 0 Å². The molecule has 7 heteroatoms. The van der Waals surface area contributed by atoms with Crippen molar-refractivity contribution in [3.63, 3.8) is 0 Å². The Balaban J connectivity index is 2.74. The third-order valence-corrected chi connectivity index (χ3v) is 3.52. The highest BCUT2D eigenvalue weighted by Gasteiger charge is 2.05. The highest BCUT2D eigenvalue weighted by molar-refractivity contribution is 7.79. The van der Waals surface area contributed by atoms with Crippen LogP contribution < -0.4 is 0 Å². The Hall–Kier alpha value is -1.28. The van der Waals surface area contributed by atoms with Crippen molar-refractivity contribution in [1.82, 2.24) is 0 Å². The highest BCUT2D eigenvalue weighted by atomic mass is 32.2. The first-order chi connectivity index (χ1) is 7.99. The Morgan fingerprint density at radius 3 is 2.12 bits per heavy atom. The molecule has 2 rings (SSSR count). The second-order valence-corrected chi connectivity index (χ2v) is 5.18. The maximum absolute atomic E-state index is 10.8. The average Bonchev–Trinajstić information content (AvgIpc) is 2.27. The Kier molecular flexibility index (Phi) is 3.25. The first kappa shape index (κ1) is 12.2. The molecule has 0 spiro atoms. The maximum Gasteiger partial charge on any atom is 0.124 e. The fourth-order valence-corrected chi connectivity index (χ4v) is 2.33. The number of fused-ring (bicyclic) bond motifs is 1. The van der Waals surface area contributed by atoms with Crippen LogP contribution in [0.2, 0.25) is 0 Å². The fourth-order valence-electron chi connectivity index (χ4n) is 1.50. The van der Waals surface area contributed by atoms with E-state index in [1.807, 2.05) is 0 Å². The second-order valence-electron chi connectivity index (χ2n) is 3.29. The van der Waals surface area contributed by atoms with Crippen LogP contribution in [0.4, 0.5) is 0 Å². The summed E-state index contributed by atoms with van der Waals surface area (Å²) >= 11 is -4.87. The van der Waals surface area contributed by atoms with Gasteiger partial charge in [-0.3, -0.25) is 8.42 Å². The summed E-state index contributed by atoms with van der Waals surface area (Å²) in [6.07, 6.45) is 0. The van der Waals surface area contributed by atoms with Gasteiger partial charge in [0, 0.05) is 15.2 Å². The van der Waals surface area contributed by atoms with E-state index in [1.54, 1.807) is 0 Å². The van der Waals surface area contributed by atoms with E-state index in [0.29, 0.717) is 10.8 Å². The van der Waals surface area contributed by atoms with Crippen molar-refractivity contribution >= 4 is 32.9 Å². The van der Waals surface area contributed by atoms with Crippen molar-refractivity contribution in [2.24, 2.45) is 0 Å². The van der Waals surface area contributed by atoms with Gasteiger partial charge < -0.3 is 14.2 Å². The largest absolute Gasteiger partial charge is 0.768 e. The average molecular weight is 270 g/mol. The predicted molar refractivity (Wildman–Crippen MR) is 60.0 cm³/mol. The monoisotopic (exact) mass is 270 g/mol. The van der Waals surface area contributed by atoms with Crippen molar-refractivity contribution in [3.8, 4) is 5.75 Å². The number of benzene rings is 2. The number of phenols is 1. The number of hydrogen-bond acceptors (Lipinski definition) is 5. The molecular formula is C10H6O5S2-2. The molecule has 0 heterocycles. The first-order valence-electron chi connectivity index (χ1n) is 4.44. The van der Waals surface area contributed by atoms with Gasteiger partial charge >= 0.3 is 0 Å². The Morgan fingerprint density at radius 2 is 1.53 bits per heavy atom. The third kappa shape index (κ3) is 2.37. The Morgan fingerprint density at radius 1 is 0.941 bits per heavy atom. The molecule has 0 saturated heterocycles. The van der Waals surface area contributed by atoms with Gasteiger partial charge in [0.15, 0.2) is 0 Å². The molecule has 2 aromatic rings. The quantitative estimate of drug-likeness (QED) is 0.821. The number of rotatable bonds is 2. The van der Waals surface area contributed by atoms with Crippen LogP contribution in [0.5, 0.6) is 5.75 Å². The number of hydrogen-bond donors (Lipinski definition) is 1. The predicted octanol–water partition coefficient (Wildman–Crippen LogP) is 1.02. The first-order valence-corrected chi connectivity index (χ1v) is 6.59. The molecule has 2 unspecified atom stereocenters. The van der Waals surface area contributed by atoms with Crippen molar-refractivity contribution in [1.29, 1.82) is 0 Å². The molecule has 2 atom stereocenters. The molecule has 5 nitrogen and oxygen atoms in total. The lowest BCUT2D eigenvalue weighted by Gasteiger charge is -2.10. The van der Waals surface area contributed by atoms with Crippen LogP contribution >= 0.6 is 0 Å². The van der Waals surface area contributed by atoms with E-state index in [0.717, 1.165) is 6.07 Å². The van der Waals surface area contributed by atoms with E-state index >= 15 is 0 Å². The summed E-state index contributed by atoms with van der Waals surface area (Å²) in [5.41, 5.74) is 0. The van der Waals surface area contributed by atoms with E-state index in [1.165, 1.54) is 24.3 Å². The van der Waals surface area contributed by atoms with Gasteiger partial charge in [-0.25, -0.2) is 0 Å². The van der Waals surface area contributed by atoms with Gasteiger partial charge in [0.05, 0.1) is 0 Å². The van der Waals surface area contributed by atoms with Crippen molar-refractivity contribution in [2.75, 3.05) is 0 Å². The van der Waals surface area contributed by atoms with E-state index in [2.05, 4.69) is 0 Å². The molecule has 0 aromatic heterocycles. The maximum atomic E-state index is 10.8. The molecule has 0 radical (unpaired) electrons. The summed E-state index contributed by atoms with van der Waals surface area (Å²) in [6, 6.07) is 6.47. The zero-order valence-corrected chi connectivity index (χ0v) is 9.92. The van der Waals surface area contributed by atoms with Crippen LogP contribution in [0.3, 0.4) is 0 Å². The molecular weight excluding hydrogens is 264 g/mol. The highest BCUT2D eigenvalue weighted by Crippen LogP contribution is 2.29. The summed E-state index contributed by atoms with van der Waals surface area (Å²) in [6.45, 7) is 0. The van der Waals surface area contributed by atoms with E-state index in [9.17, 15) is 22.6 Å². The van der Waals surface area contributed by atoms with Crippen LogP contribution in [-0.4, -0.2) is 22.6 Å². The van der Waals surface area contributed by atoms with Gasteiger partial charge in [-0.1, -0.05) is 0 Å². The molecule has 0 amide bonds. The lowest BCUT2D eigenvalue weighted by atomic mass is 10.1. The number of phenolic OH excluding ortho intramolecular Hbond substituents is 1. The molecule has 1 N–H and O–H groups in total. The molecule has 2 aromatic carbocycles. The van der Waals surface area contributed by atoms with Gasteiger partial charge in [0.1, 0.15) is 5.75 Å². The summed E-state index contributed by atoms with van der Waals surface area (Å²) in [4.78, 5) is -0.0606. The molecule has 0 aliphatic carbocycles. The molecule has 0 aliphatic rings. The minimum Gasteiger partial charge on any atom is -0.768 e. The fraction of sp³-hybridized carbons (Fsp3) is 0. The smallest absolute Gasteiger partial charge is 0.124 e. The van der Waals surface area contributed by atoms with Crippen molar-refractivity contribution < 1.29 is 22.6 Å². The zero-order chi connectivity index (χ0) is 12.6. The van der Waals surface area contributed by atoms with E-state index < -0.39 is 22.2 Å². The van der Waals surface area contributed by atoms with Crippen LogP contribution in [0, 0.1) is 0 Å². The lowest BCUT2D eigenvalue weighted by molar-refractivity contribution is 0.478. The van der Waals surface area contributed by atoms with Gasteiger partial charge in [-0.05, 0) is 57.9 Å². The van der Waals surface area contributed by atoms with Crippen LogP contribution in [0.15, 0.2) is 40.1 Å². The van der Waals surface area contributed by atoms with Crippen molar-refractivity contribution in [3.05, 3.63) is 30.3 Å².